The molecule has 1 aliphatic heterocycles. The van der Waals surface area contributed by atoms with E-state index >= 15 is 0 Å². The summed E-state index contributed by atoms with van der Waals surface area (Å²) >= 11 is 0. The lowest BCUT2D eigenvalue weighted by molar-refractivity contribution is 0.0697. The largest absolute Gasteiger partial charge is 0.478 e. The molecule has 0 amide bonds. The third-order valence-corrected chi connectivity index (χ3v) is 3.03. The van der Waals surface area contributed by atoms with Gasteiger partial charge in [-0.2, -0.15) is 0 Å². The van der Waals surface area contributed by atoms with Gasteiger partial charge in [0, 0.05) is 13.1 Å². The summed E-state index contributed by atoms with van der Waals surface area (Å²) in [5, 5.41) is 9.15. The Morgan fingerprint density at radius 3 is 2.47 bits per heavy atom. The fourth-order valence-corrected chi connectivity index (χ4v) is 2.15. The maximum atomic E-state index is 11.2. The van der Waals surface area contributed by atoms with E-state index in [2.05, 4.69) is 4.98 Å². The quantitative estimate of drug-likeness (QED) is 0.816. The smallest absolute Gasteiger partial charge is 0.339 e. The number of carboxylic acid groups (broad SMARTS) is 1. The van der Waals surface area contributed by atoms with Crippen LogP contribution in [0.5, 0.6) is 0 Å². The lowest BCUT2D eigenvalue weighted by Crippen LogP contribution is -2.27. The summed E-state index contributed by atoms with van der Waals surface area (Å²) in [6, 6.07) is 3.07. The second-order valence-corrected chi connectivity index (χ2v) is 4.31. The first-order valence-corrected chi connectivity index (χ1v) is 5.93. The Hall–Kier alpha value is -1.78. The fourth-order valence-electron chi connectivity index (χ4n) is 2.15. The van der Waals surface area contributed by atoms with E-state index < -0.39 is 5.97 Å². The van der Waals surface area contributed by atoms with E-state index in [0.717, 1.165) is 25.9 Å². The topological polar surface area (TPSA) is 79.5 Å². The molecule has 0 bridgehead atoms. The number of nitrogens with zero attached hydrogens (tertiary/aromatic N) is 2. The zero-order chi connectivity index (χ0) is 12.3. The molecule has 17 heavy (non-hydrogen) atoms. The van der Waals surface area contributed by atoms with Gasteiger partial charge in [0.25, 0.3) is 0 Å². The van der Waals surface area contributed by atoms with Crippen LogP contribution in [-0.2, 0) is 0 Å². The fraction of sp³-hybridized carbons (Fsp3) is 0.500. The number of aromatic nitrogens is 1. The Morgan fingerprint density at radius 2 is 1.88 bits per heavy atom. The third-order valence-electron chi connectivity index (χ3n) is 3.03. The highest BCUT2D eigenvalue weighted by molar-refractivity contribution is 5.93. The van der Waals surface area contributed by atoms with Crippen molar-refractivity contribution >= 4 is 17.6 Å². The molecule has 1 aliphatic rings. The molecule has 1 aromatic rings. The Morgan fingerprint density at radius 1 is 1.24 bits per heavy atom. The van der Waals surface area contributed by atoms with Gasteiger partial charge in [-0.1, -0.05) is 12.8 Å². The maximum absolute atomic E-state index is 11.2. The first-order valence-electron chi connectivity index (χ1n) is 5.93. The second kappa shape index (κ2) is 5.03. The first kappa shape index (κ1) is 11.7. The van der Waals surface area contributed by atoms with Crippen molar-refractivity contribution in [1.29, 1.82) is 0 Å². The molecule has 0 spiro atoms. The van der Waals surface area contributed by atoms with Crippen LogP contribution in [-0.4, -0.2) is 29.1 Å². The molecule has 0 saturated carbocycles. The molecule has 1 saturated heterocycles. The summed E-state index contributed by atoms with van der Waals surface area (Å²) in [6.07, 6.45) is 4.55. The van der Waals surface area contributed by atoms with Gasteiger partial charge in [0.1, 0.15) is 17.2 Å². The van der Waals surface area contributed by atoms with Crippen LogP contribution in [0.15, 0.2) is 12.1 Å². The van der Waals surface area contributed by atoms with Crippen molar-refractivity contribution in [2.24, 2.45) is 0 Å². The predicted molar refractivity (Wildman–Crippen MR) is 66.3 cm³/mol. The number of carbonyl (C=O) groups is 1. The van der Waals surface area contributed by atoms with Gasteiger partial charge in [-0.3, -0.25) is 0 Å². The summed E-state index contributed by atoms with van der Waals surface area (Å²) < 4.78 is 0. The van der Waals surface area contributed by atoms with E-state index in [0.29, 0.717) is 11.6 Å². The highest BCUT2D eigenvalue weighted by atomic mass is 16.4. The van der Waals surface area contributed by atoms with Crippen LogP contribution in [0.25, 0.3) is 0 Å². The van der Waals surface area contributed by atoms with Gasteiger partial charge in [-0.25, -0.2) is 9.78 Å². The molecule has 5 heteroatoms. The number of hydrogen-bond acceptors (Lipinski definition) is 4. The monoisotopic (exact) mass is 235 g/mol. The van der Waals surface area contributed by atoms with E-state index in [-0.39, 0.29) is 5.56 Å². The Bertz CT molecular complexity index is 412. The SMILES string of the molecule is Nc1ccc(C(=O)O)c(N2CCCCCC2)n1. The van der Waals surface area contributed by atoms with E-state index in [1.165, 1.54) is 25.0 Å². The van der Waals surface area contributed by atoms with Gasteiger partial charge in [0.05, 0.1) is 0 Å². The molecule has 0 unspecified atom stereocenters. The average Bonchev–Trinajstić information content (AvgIpc) is 2.56. The Labute approximate surface area is 100 Å². The van der Waals surface area contributed by atoms with E-state index in [1.54, 1.807) is 0 Å². The molecule has 2 rings (SSSR count). The maximum Gasteiger partial charge on any atom is 0.339 e. The summed E-state index contributed by atoms with van der Waals surface area (Å²) in [6.45, 7) is 1.72. The molecule has 0 aromatic carbocycles. The van der Waals surface area contributed by atoms with Crippen molar-refractivity contribution in [3.05, 3.63) is 17.7 Å². The molecule has 5 nitrogen and oxygen atoms in total. The van der Waals surface area contributed by atoms with Crippen LogP contribution in [0.3, 0.4) is 0 Å². The van der Waals surface area contributed by atoms with Crippen LogP contribution < -0.4 is 10.6 Å². The zero-order valence-corrected chi connectivity index (χ0v) is 9.72. The highest BCUT2D eigenvalue weighted by Crippen LogP contribution is 2.23. The number of rotatable bonds is 2. The van der Waals surface area contributed by atoms with Crippen LogP contribution in [0.4, 0.5) is 11.6 Å². The summed E-state index contributed by atoms with van der Waals surface area (Å²) in [4.78, 5) is 17.4. The van der Waals surface area contributed by atoms with E-state index in [9.17, 15) is 4.79 Å². The van der Waals surface area contributed by atoms with Gasteiger partial charge < -0.3 is 15.7 Å². The van der Waals surface area contributed by atoms with Crippen molar-refractivity contribution in [2.45, 2.75) is 25.7 Å². The molecule has 2 heterocycles. The van der Waals surface area contributed by atoms with Crippen molar-refractivity contribution in [2.75, 3.05) is 23.7 Å². The van der Waals surface area contributed by atoms with Crippen molar-refractivity contribution in [3.63, 3.8) is 0 Å². The number of anilines is 2. The molecular weight excluding hydrogens is 218 g/mol. The minimum absolute atomic E-state index is 0.237. The average molecular weight is 235 g/mol. The van der Waals surface area contributed by atoms with Crippen molar-refractivity contribution in [1.82, 2.24) is 4.98 Å². The number of carboxylic acids is 1. The van der Waals surface area contributed by atoms with E-state index in [4.69, 9.17) is 10.8 Å². The first-order chi connectivity index (χ1) is 8.18. The normalized spacial score (nSPS) is 16.6. The molecule has 1 fully saturated rings. The standard InChI is InChI=1S/C12H17N3O2/c13-10-6-5-9(12(16)17)11(14-10)15-7-3-1-2-4-8-15/h5-6H,1-4,7-8H2,(H2,13,14)(H,16,17). The molecule has 1 aromatic heterocycles. The molecule has 3 N–H and O–H groups in total. The lowest BCUT2D eigenvalue weighted by Gasteiger charge is -2.23. The summed E-state index contributed by atoms with van der Waals surface area (Å²) in [5.74, 6) is -0.0645. The molecular formula is C12H17N3O2. The van der Waals surface area contributed by atoms with Gasteiger partial charge in [0.15, 0.2) is 0 Å². The summed E-state index contributed by atoms with van der Waals surface area (Å²) in [7, 11) is 0. The van der Waals surface area contributed by atoms with Crippen molar-refractivity contribution in [3.8, 4) is 0 Å². The molecule has 0 aliphatic carbocycles. The van der Waals surface area contributed by atoms with Crippen molar-refractivity contribution < 1.29 is 9.90 Å². The number of aromatic carboxylic acids is 1. The summed E-state index contributed by atoms with van der Waals surface area (Å²) in [5.41, 5.74) is 5.88. The van der Waals surface area contributed by atoms with Gasteiger partial charge in [-0.05, 0) is 25.0 Å². The molecule has 0 atom stereocenters. The number of nitrogens with two attached hydrogens (primary N) is 1. The third kappa shape index (κ3) is 2.67. The van der Waals surface area contributed by atoms with Crippen LogP contribution in [0.2, 0.25) is 0 Å². The van der Waals surface area contributed by atoms with Gasteiger partial charge in [0.2, 0.25) is 0 Å². The van der Waals surface area contributed by atoms with Crippen LogP contribution in [0, 0.1) is 0 Å². The van der Waals surface area contributed by atoms with Gasteiger partial charge in [-0.15, -0.1) is 0 Å². The van der Waals surface area contributed by atoms with Crippen LogP contribution >= 0.6 is 0 Å². The molecule has 0 radical (unpaired) electrons. The zero-order valence-electron chi connectivity index (χ0n) is 9.72. The minimum Gasteiger partial charge on any atom is -0.478 e. The number of pyridine rings is 1. The Kier molecular flexibility index (Phi) is 3.46. The van der Waals surface area contributed by atoms with Gasteiger partial charge >= 0.3 is 5.97 Å². The Balaban J connectivity index is 2.34. The lowest BCUT2D eigenvalue weighted by atomic mass is 10.2. The predicted octanol–water partition coefficient (Wildman–Crippen LogP) is 1.74. The second-order valence-electron chi connectivity index (χ2n) is 4.31. The van der Waals surface area contributed by atoms with E-state index in [1.807, 2.05) is 4.90 Å². The highest BCUT2D eigenvalue weighted by Gasteiger charge is 2.19. The minimum atomic E-state index is -0.947. The van der Waals surface area contributed by atoms with Crippen LogP contribution in [0.1, 0.15) is 36.0 Å². The number of hydrogen-bond donors (Lipinski definition) is 2. The number of nitrogen functional groups attached to an aromatic ring is 1. The molecule has 92 valence electrons.